The Kier molecular flexibility index (Phi) is 9.48. The number of piperidine rings is 2. The Morgan fingerprint density at radius 1 is 0.829 bits per heavy atom. The fourth-order valence-electron chi connectivity index (χ4n) is 5.37. The fourth-order valence-corrected chi connectivity index (χ4v) is 5.89. The highest BCUT2D eigenvalue weighted by atomic mass is 35.5. The Bertz CT molecular complexity index is 978. The van der Waals surface area contributed by atoms with Gasteiger partial charge < -0.3 is 11.1 Å². The molecule has 190 valence electrons. The van der Waals surface area contributed by atoms with E-state index in [4.69, 9.17) is 28.9 Å². The third kappa shape index (κ3) is 7.93. The summed E-state index contributed by atoms with van der Waals surface area (Å²) in [4.78, 5) is 16.3. The van der Waals surface area contributed by atoms with Crippen LogP contribution in [0.4, 0.5) is 0 Å². The largest absolute Gasteiger partial charge is 0.356 e. The summed E-state index contributed by atoms with van der Waals surface area (Å²) in [5.74, 6) is 1.29. The van der Waals surface area contributed by atoms with E-state index < -0.39 is 0 Å². The van der Waals surface area contributed by atoms with Crippen molar-refractivity contribution < 1.29 is 4.79 Å². The summed E-state index contributed by atoms with van der Waals surface area (Å²) in [6.07, 6.45) is 4.60. The van der Waals surface area contributed by atoms with E-state index >= 15 is 0 Å². The minimum absolute atomic E-state index is 0.0603. The summed E-state index contributed by atoms with van der Waals surface area (Å²) < 4.78 is 0. The monoisotopic (exact) mass is 516 g/mol. The minimum Gasteiger partial charge on any atom is -0.356 e. The number of likely N-dealkylation sites (tertiary alicyclic amines) is 2. The molecule has 5 nitrogen and oxygen atoms in total. The van der Waals surface area contributed by atoms with Crippen molar-refractivity contribution in [2.45, 2.75) is 45.7 Å². The zero-order chi connectivity index (χ0) is 24.8. The molecule has 7 heteroatoms. The van der Waals surface area contributed by atoms with Crippen LogP contribution in [-0.4, -0.2) is 55.0 Å². The van der Waals surface area contributed by atoms with E-state index in [1.54, 1.807) is 13.0 Å². The second kappa shape index (κ2) is 12.6. The number of rotatable bonds is 8. The first-order valence-corrected chi connectivity index (χ1v) is 13.6. The van der Waals surface area contributed by atoms with Gasteiger partial charge in [-0.25, -0.2) is 0 Å². The second-order valence-corrected chi connectivity index (χ2v) is 11.2. The molecular formula is C28H38Cl2N4O. The van der Waals surface area contributed by atoms with Gasteiger partial charge in [0.15, 0.2) is 0 Å². The maximum absolute atomic E-state index is 11.2. The van der Waals surface area contributed by atoms with Crippen LogP contribution < -0.4 is 11.1 Å². The molecule has 0 unspecified atom stereocenters. The number of nitrogens with zero attached hydrogens (tertiary/aromatic N) is 2. The molecule has 2 saturated heterocycles. The van der Waals surface area contributed by atoms with Crippen molar-refractivity contribution in [1.82, 2.24) is 15.1 Å². The predicted molar refractivity (Wildman–Crippen MR) is 146 cm³/mol. The number of nitrogens with one attached hydrogen (secondary N) is 1. The molecule has 2 fully saturated rings. The van der Waals surface area contributed by atoms with Crippen molar-refractivity contribution >= 4 is 29.1 Å². The van der Waals surface area contributed by atoms with Crippen LogP contribution in [0.3, 0.4) is 0 Å². The van der Waals surface area contributed by atoms with E-state index in [0.717, 1.165) is 70.8 Å². The number of nitrogens with two attached hydrogens (primary N) is 1. The first kappa shape index (κ1) is 26.4. The Balaban J connectivity index is 1.49. The summed E-state index contributed by atoms with van der Waals surface area (Å²) in [6.45, 7) is 9.37. The van der Waals surface area contributed by atoms with Gasteiger partial charge in [0, 0.05) is 36.6 Å². The van der Waals surface area contributed by atoms with Gasteiger partial charge in [-0.05, 0) is 123 Å². The van der Waals surface area contributed by atoms with Gasteiger partial charge in [0.05, 0.1) is 0 Å². The molecule has 0 spiro atoms. The molecule has 0 bridgehead atoms. The zero-order valence-electron chi connectivity index (χ0n) is 20.7. The van der Waals surface area contributed by atoms with Crippen LogP contribution in [0.1, 0.15) is 43.7 Å². The number of benzene rings is 2. The molecule has 2 heterocycles. The summed E-state index contributed by atoms with van der Waals surface area (Å²) in [5.41, 5.74) is 10.8. The van der Waals surface area contributed by atoms with Crippen molar-refractivity contribution in [3.8, 4) is 11.1 Å². The third-order valence-electron chi connectivity index (χ3n) is 7.45. The van der Waals surface area contributed by atoms with Crippen LogP contribution in [0.25, 0.3) is 11.1 Å². The normalized spacial score (nSPS) is 18.6. The highest BCUT2D eigenvalue weighted by Crippen LogP contribution is 2.30. The Hall–Kier alpha value is -1.63. The van der Waals surface area contributed by atoms with Crippen LogP contribution in [0.15, 0.2) is 36.4 Å². The van der Waals surface area contributed by atoms with Gasteiger partial charge in [0.2, 0.25) is 5.91 Å². The fraction of sp³-hybridized carbons (Fsp3) is 0.536. The number of carbonyl (C=O) groups is 1. The minimum atomic E-state index is 0.0603. The third-order valence-corrected chi connectivity index (χ3v) is 7.88. The van der Waals surface area contributed by atoms with E-state index in [-0.39, 0.29) is 5.91 Å². The number of hydrogen-bond donors (Lipinski definition) is 2. The lowest BCUT2D eigenvalue weighted by Crippen LogP contribution is -2.37. The molecule has 0 atom stereocenters. The van der Waals surface area contributed by atoms with Gasteiger partial charge >= 0.3 is 0 Å². The molecule has 2 aliphatic heterocycles. The van der Waals surface area contributed by atoms with Crippen molar-refractivity contribution in [3.05, 3.63) is 57.6 Å². The highest BCUT2D eigenvalue weighted by Gasteiger charge is 2.21. The van der Waals surface area contributed by atoms with E-state index in [1.165, 1.54) is 29.5 Å². The lowest BCUT2D eigenvalue weighted by atomic mass is 9.94. The van der Waals surface area contributed by atoms with Crippen molar-refractivity contribution in [2.24, 2.45) is 17.6 Å². The van der Waals surface area contributed by atoms with Crippen LogP contribution in [0, 0.1) is 11.8 Å². The smallest absolute Gasteiger partial charge is 0.216 e. The number of amides is 1. The van der Waals surface area contributed by atoms with Crippen molar-refractivity contribution in [3.63, 3.8) is 0 Å². The quantitative estimate of drug-likeness (QED) is 0.507. The summed E-state index contributed by atoms with van der Waals surface area (Å²) in [6, 6.07) is 12.7. The van der Waals surface area contributed by atoms with E-state index in [2.05, 4.69) is 33.3 Å². The maximum atomic E-state index is 11.2. The van der Waals surface area contributed by atoms with Gasteiger partial charge in [-0.3, -0.25) is 14.6 Å². The number of hydrogen-bond acceptors (Lipinski definition) is 4. The van der Waals surface area contributed by atoms with Gasteiger partial charge in [0.25, 0.3) is 0 Å². The van der Waals surface area contributed by atoms with Crippen LogP contribution in [0.5, 0.6) is 0 Å². The van der Waals surface area contributed by atoms with Crippen LogP contribution in [0.2, 0.25) is 10.0 Å². The summed E-state index contributed by atoms with van der Waals surface area (Å²) in [5, 5.41) is 4.29. The van der Waals surface area contributed by atoms with Crippen molar-refractivity contribution in [2.75, 3.05) is 39.3 Å². The first-order chi connectivity index (χ1) is 16.9. The Morgan fingerprint density at radius 2 is 1.31 bits per heavy atom. The highest BCUT2D eigenvalue weighted by molar-refractivity contribution is 6.35. The topological polar surface area (TPSA) is 61.6 Å². The Labute approximate surface area is 219 Å². The SMILES string of the molecule is CC(=O)NCC1CCN(Cc2cc(CN3CCC(CN)CC3)cc(-c3cc(Cl)cc(Cl)c3)c2)CC1. The molecular weight excluding hydrogens is 479 g/mol. The molecule has 35 heavy (non-hydrogen) atoms. The van der Waals surface area contributed by atoms with Gasteiger partial charge in [0.1, 0.15) is 0 Å². The number of carbonyl (C=O) groups excluding carboxylic acids is 1. The zero-order valence-corrected chi connectivity index (χ0v) is 22.3. The standard InChI is InChI=1S/C28H38Cl2N4O/c1-20(35)32-17-22-4-8-34(9-5-22)19-24-10-23(18-33-6-2-21(16-31)3-7-33)11-25(12-24)26-13-27(29)15-28(30)14-26/h10-15,21-22H,2-9,16-19,31H2,1H3,(H,32,35). The molecule has 1 amide bonds. The molecule has 2 aliphatic rings. The summed E-state index contributed by atoms with van der Waals surface area (Å²) in [7, 11) is 0. The van der Waals surface area contributed by atoms with Crippen LogP contribution in [-0.2, 0) is 17.9 Å². The van der Waals surface area contributed by atoms with Crippen molar-refractivity contribution in [1.29, 1.82) is 0 Å². The van der Waals surface area contributed by atoms with Gasteiger partial charge in [-0.2, -0.15) is 0 Å². The Morgan fingerprint density at radius 3 is 1.80 bits per heavy atom. The average Bonchev–Trinajstić information content (AvgIpc) is 2.83. The maximum Gasteiger partial charge on any atom is 0.216 e. The lowest BCUT2D eigenvalue weighted by Gasteiger charge is -2.33. The average molecular weight is 518 g/mol. The summed E-state index contributed by atoms with van der Waals surface area (Å²) >= 11 is 12.7. The lowest BCUT2D eigenvalue weighted by molar-refractivity contribution is -0.119. The molecule has 0 radical (unpaired) electrons. The molecule has 4 rings (SSSR count). The van der Waals surface area contributed by atoms with Gasteiger partial charge in [-0.1, -0.05) is 29.3 Å². The second-order valence-electron chi connectivity index (χ2n) is 10.3. The predicted octanol–water partition coefficient (Wildman–Crippen LogP) is 5.18. The van der Waals surface area contributed by atoms with E-state index in [0.29, 0.717) is 21.9 Å². The first-order valence-electron chi connectivity index (χ1n) is 12.9. The molecule has 0 aromatic heterocycles. The molecule has 3 N–H and O–H groups in total. The van der Waals surface area contributed by atoms with E-state index in [1.807, 2.05) is 12.1 Å². The van der Waals surface area contributed by atoms with E-state index in [9.17, 15) is 4.79 Å². The number of halogens is 2. The molecule has 2 aromatic rings. The van der Waals surface area contributed by atoms with Gasteiger partial charge in [-0.15, -0.1) is 0 Å². The van der Waals surface area contributed by atoms with Crippen LogP contribution >= 0.6 is 23.2 Å². The molecule has 2 aromatic carbocycles. The molecule has 0 saturated carbocycles. The molecule has 0 aliphatic carbocycles.